The van der Waals surface area contributed by atoms with E-state index in [-0.39, 0.29) is 32.6 Å². The topological polar surface area (TPSA) is 136 Å². The molecule has 0 aliphatic heterocycles. The van der Waals surface area contributed by atoms with Crippen molar-refractivity contribution in [2.75, 3.05) is 25.8 Å². The molecule has 0 aromatic heterocycles. The number of carbonyl (C=O) groups is 2. The Morgan fingerprint density at radius 3 is 1.50 bits per heavy atom. The van der Waals surface area contributed by atoms with E-state index in [1.165, 1.54) is 26.4 Å². The fourth-order valence-electron chi connectivity index (χ4n) is 2.64. The second-order valence-electron chi connectivity index (χ2n) is 6.80. The molecule has 0 fully saturated rings. The first-order valence-corrected chi connectivity index (χ1v) is 13.0. The van der Waals surface area contributed by atoms with E-state index in [0.717, 1.165) is 18.2 Å². The lowest BCUT2D eigenvalue weighted by atomic mass is 10.0. The number of alkyl halides is 2. The number of ether oxygens (including phenoxy) is 2. The number of benzene rings is 2. The van der Waals surface area contributed by atoms with Gasteiger partial charge in [-0.15, -0.1) is 23.2 Å². The summed E-state index contributed by atoms with van der Waals surface area (Å²) in [7, 11) is -0.913. The maximum Gasteiger partial charge on any atom is 0.337 e. The van der Waals surface area contributed by atoms with Gasteiger partial charge in [0.05, 0.1) is 56.8 Å². The van der Waals surface area contributed by atoms with Gasteiger partial charge in [-0.3, -0.25) is 4.18 Å². The molecular weight excluding hydrogens is 535 g/mol. The predicted molar refractivity (Wildman–Crippen MR) is 140 cm³/mol. The third-order valence-electron chi connectivity index (χ3n) is 4.16. The maximum atomic E-state index is 11.5. The molecule has 0 aliphatic rings. The zero-order valence-electron chi connectivity index (χ0n) is 19.9. The molecule has 0 atom stereocenters. The average Bonchev–Trinajstić information content (AvgIpc) is 2.86. The highest BCUT2D eigenvalue weighted by atomic mass is 35.5. The molecule has 0 spiro atoms. The number of rotatable bonds is 8. The molecule has 0 amide bonds. The first kappa shape index (κ1) is 35.9. The van der Waals surface area contributed by atoms with Crippen LogP contribution in [0.15, 0.2) is 36.4 Å². The van der Waals surface area contributed by atoms with E-state index in [4.69, 9.17) is 37.6 Å². The second kappa shape index (κ2) is 19.0. The minimum atomic E-state index is -3.50. The predicted octanol–water partition coefficient (Wildman–Crippen LogP) is 4.03. The highest BCUT2D eigenvalue weighted by molar-refractivity contribution is 7.85. The third kappa shape index (κ3) is 14.4. The van der Waals surface area contributed by atoms with Crippen molar-refractivity contribution in [3.8, 4) is 0 Å². The summed E-state index contributed by atoms with van der Waals surface area (Å²) in [5.41, 5.74) is 3.44. The number of carbonyl (C=O) groups excluding carboxylic acids is 2. The highest BCUT2D eigenvalue weighted by Gasteiger charge is 2.10. The summed E-state index contributed by atoms with van der Waals surface area (Å²) >= 11 is 9.53. The molecule has 0 aliphatic carbocycles. The Kier molecular flexibility index (Phi) is 18.9. The Labute approximate surface area is 223 Å². The summed E-state index contributed by atoms with van der Waals surface area (Å²) in [6.45, 7) is 1.52. The largest absolute Gasteiger partial charge is 0.465 e. The molecule has 0 unspecified atom stereocenters. The average molecular weight is 570 g/mol. The molecule has 2 aromatic carbocycles. The van der Waals surface area contributed by atoms with Gasteiger partial charge in [0.1, 0.15) is 0 Å². The van der Waals surface area contributed by atoms with Crippen LogP contribution in [-0.4, -0.2) is 56.4 Å². The number of aliphatic hydroxyl groups is 2. The van der Waals surface area contributed by atoms with Gasteiger partial charge in [-0.25, -0.2) is 9.59 Å². The van der Waals surface area contributed by atoms with Crippen molar-refractivity contribution in [1.29, 1.82) is 0 Å². The minimum Gasteiger partial charge on any atom is -0.465 e. The van der Waals surface area contributed by atoms with Crippen molar-refractivity contribution in [2.45, 2.75) is 40.6 Å². The Morgan fingerprint density at radius 1 is 0.806 bits per heavy atom. The van der Waals surface area contributed by atoms with Crippen molar-refractivity contribution in [2.24, 2.45) is 0 Å². The highest BCUT2D eigenvalue weighted by Crippen LogP contribution is 2.14. The van der Waals surface area contributed by atoms with Crippen LogP contribution < -0.4 is 0 Å². The Bertz CT molecular complexity index is 1040. The molecule has 204 valence electrons. The van der Waals surface area contributed by atoms with Crippen LogP contribution in [0.2, 0.25) is 0 Å². The zero-order chi connectivity index (χ0) is 27.0. The fourth-order valence-corrected chi connectivity index (χ4v) is 2.99. The number of aliphatic hydroxyl groups excluding tert-OH is 2. The minimum absolute atomic E-state index is 0. The summed E-state index contributed by atoms with van der Waals surface area (Å²) in [6, 6.07) is 9.78. The number of aryl methyl sites for hydroxylation is 1. The summed E-state index contributed by atoms with van der Waals surface area (Å²) < 4.78 is 35.7. The van der Waals surface area contributed by atoms with Crippen LogP contribution in [0.1, 0.15) is 57.3 Å². The van der Waals surface area contributed by atoms with Gasteiger partial charge in [-0.1, -0.05) is 26.5 Å². The monoisotopic (exact) mass is 568 g/mol. The van der Waals surface area contributed by atoms with Gasteiger partial charge in [-0.05, 0) is 52.9 Å². The standard InChI is InChI=1S/C12H16O5S.C10H12O4.CH2Cl2.CH4/c1-4-9-5-10(8-17-18(3,14)15)7-11(6-9)12(13)16-2;1-14-10(13)9-3-7(5-11)2-8(4-9)6-12;2-1-3;/h5-7H,4,8H2,1-3H3;2-4,11-12H,5-6H2,1H3;1H2;1H4. The van der Waals surface area contributed by atoms with Gasteiger partial charge in [-0.2, -0.15) is 8.42 Å². The summed E-state index contributed by atoms with van der Waals surface area (Å²) in [4.78, 5) is 22.6. The molecule has 12 heteroatoms. The maximum absolute atomic E-state index is 11.5. The Balaban J connectivity index is 0. The molecule has 36 heavy (non-hydrogen) atoms. The summed E-state index contributed by atoms with van der Waals surface area (Å²) in [5, 5.41) is 18.0. The lowest BCUT2D eigenvalue weighted by Gasteiger charge is -2.07. The molecule has 0 saturated heterocycles. The fraction of sp³-hybridized carbons (Fsp3) is 0.417. The smallest absolute Gasteiger partial charge is 0.337 e. The number of hydrogen-bond acceptors (Lipinski definition) is 9. The van der Waals surface area contributed by atoms with Gasteiger partial charge in [0.15, 0.2) is 0 Å². The van der Waals surface area contributed by atoms with E-state index in [0.29, 0.717) is 27.8 Å². The van der Waals surface area contributed by atoms with Crippen LogP contribution in [-0.2, 0) is 50.0 Å². The summed E-state index contributed by atoms with van der Waals surface area (Å²) in [6.07, 6.45) is 1.72. The molecule has 0 heterocycles. The van der Waals surface area contributed by atoms with Gasteiger partial charge in [0.2, 0.25) is 0 Å². The number of hydrogen-bond donors (Lipinski definition) is 2. The first-order valence-electron chi connectivity index (χ1n) is 10.1. The zero-order valence-corrected chi connectivity index (χ0v) is 22.2. The first-order chi connectivity index (χ1) is 16.5. The number of methoxy groups -OCH3 is 2. The van der Waals surface area contributed by atoms with Crippen LogP contribution in [0.5, 0.6) is 0 Å². The Morgan fingerprint density at radius 2 is 1.17 bits per heavy atom. The van der Waals surface area contributed by atoms with Crippen LogP contribution in [0.3, 0.4) is 0 Å². The van der Waals surface area contributed by atoms with Gasteiger partial charge in [0, 0.05) is 0 Å². The van der Waals surface area contributed by atoms with E-state index >= 15 is 0 Å². The summed E-state index contributed by atoms with van der Waals surface area (Å²) in [5.74, 6) is -0.930. The molecule has 9 nitrogen and oxygen atoms in total. The van der Waals surface area contributed by atoms with Crippen molar-refractivity contribution < 1.29 is 41.9 Å². The van der Waals surface area contributed by atoms with E-state index in [2.05, 4.69) is 9.47 Å². The number of esters is 2. The second-order valence-corrected chi connectivity index (χ2v) is 9.25. The van der Waals surface area contributed by atoms with Crippen molar-refractivity contribution >= 4 is 45.3 Å². The van der Waals surface area contributed by atoms with Crippen LogP contribution >= 0.6 is 23.2 Å². The SMILES string of the molecule is C.CCc1cc(COS(C)(=O)=O)cc(C(=O)OC)c1.COC(=O)c1cc(CO)cc(CO)c1.ClCCl. The van der Waals surface area contributed by atoms with E-state index in [1.54, 1.807) is 24.3 Å². The van der Waals surface area contributed by atoms with Crippen molar-refractivity contribution in [1.82, 2.24) is 0 Å². The molecule has 2 N–H and O–H groups in total. The molecular formula is C24H34Cl2O9S. The van der Waals surface area contributed by atoms with Gasteiger partial charge < -0.3 is 19.7 Å². The normalized spacial score (nSPS) is 10.0. The molecule has 2 rings (SSSR count). The lowest BCUT2D eigenvalue weighted by molar-refractivity contribution is 0.0591. The molecule has 0 saturated carbocycles. The Hall–Kier alpha value is -2.21. The van der Waals surface area contributed by atoms with E-state index in [9.17, 15) is 18.0 Å². The number of halogens is 2. The van der Waals surface area contributed by atoms with E-state index in [1.807, 2.05) is 6.92 Å². The van der Waals surface area contributed by atoms with Crippen molar-refractivity contribution in [3.63, 3.8) is 0 Å². The molecule has 0 radical (unpaired) electrons. The third-order valence-corrected chi connectivity index (χ3v) is 4.71. The quantitative estimate of drug-likeness (QED) is 0.274. The van der Waals surface area contributed by atoms with Crippen LogP contribution in [0, 0.1) is 0 Å². The van der Waals surface area contributed by atoms with E-state index < -0.39 is 22.1 Å². The van der Waals surface area contributed by atoms with Crippen LogP contribution in [0.4, 0.5) is 0 Å². The molecule has 0 bridgehead atoms. The van der Waals surface area contributed by atoms with Crippen LogP contribution in [0.25, 0.3) is 0 Å². The molecule has 2 aromatic rings. The van der Waals surface area contributed by atoms with Crippen molar-refractivity contribution in [3.05, 3.63) is 69.8 Å². The van der Waals surface area contributed by atoms with Gasteiger partial charge >= 0.3 is 11.9 Å². The van der Waals surface area contributed by atoms with Gasteiger partial charge in [0.25, 0.3) is 10.1 Å². The lowest BCUT2D eigenvalue weighted by Crippen LogP contribution is -2.06.